The molecule has 6 aliphatic heterocycles. The van der Waals surface area contributed by atoms with E-state index in [1.807, 2.05) is 48.5 Å². The largest absolute Gasteiger partial charge is 0.507 e. The number of carbonyl (C=O) groups is 5. The maximum atomic E-state index is 14.2. The molecule has 0 saturated carbocycles. The summed E-state index contributed by atoms with van der Waals surface area (Å²) in [4.78, 5) is 76.4. The van der Waals surface area contributed by atoms with E-state index in [1.165, 1.54) is 66.0 Å². The number of hydrogen-bond acceptors (Lipinski definition) is 19. The molecule has 91 heavy (non-hydrogen) atoms. The maximum absolute atomic E-state index is 14.2. The molecule has 4 amide bonds. The zero-order valence-corrected chi connectivity index (χ0v) is 53.0. The van der Waals surface area contributed by atoms with Crippen LogP contribution in [0, 0.1) is 0 Å². The second-order valence-electron chi connectivity index (χ2n) is 22.6. The van der Waals surface area contributed by atoms with Gasteiger partial charge in [-0.25, -0.2) is 24.2 Å². The van der Waals surface area contributed by atoms with Crippen molar-refractivity contribution in [1.29, 1.82) is 0 Å². The number of hydrogen-bond donors (Lipinski definition) is 1. The molecule has 6 atom stereocenters. The molecule has 21 nitrogen and oxygen atoms in total. The first-order valence-corrected chi connectivity index (χ1v) is 32.5. The van der Waals surface area contributed by atoms with Crippen LogP contribution in [0.3, 0.4) is 0 Å². The second kappa shape index (κ2) is 29.4. The van der Waals surface area contributed by atoms with Crippen molar-refractivity contribution in [3.63, 3.8) is 0 Å². The number of anilines is 2. The van der Waals surface area contributed by atoms with Gasteiger partial charge in [0.1, 0.15) is 37.1 Å². The average Bonchev–Trinajstić information content (AvgIpc) is 1.88. The number of amides is 4. The number of fused-ring (bicyclic) bond motifs is 6. The summed E-state index contributed by atoms with van der Waals surface area (Å²) in [6.45, 7) is 13.3. The number of piperidine rings is 2. The molecule has 0 spiro atoms. The van der Waals surface area contributed by atoms with Crippen LogP contribution in [0.5, 0.6) is 23.0 Å². The van der Waals surface area contributed by atoms with E-state index < -0.39 is 55.3 Å². The summed E-state index contributed by atoms with van der Waals surface area (Å²) in [5.74, 6) is 0.238. The van der Waals surface area contributed by atoms with Crippen molar-refractivity contribution in [1.82, 2.24) is 9.80 Å². The summed E-state index contributed by atoms with van der Waals surface area (Å²) in [6.07, 6.45) is 8.68. The van der Waals surface area contributed by atoms with Gasteiger partial charge in [-0.2, -0.15) is 0 Å². The number of aliphatic hydroxyl groups is 1. The van der Waals surface area contributed by atoms with Crippen molar-refractivity contribution in [2.75, 3.05) is 70.6 Å². The Kier molecular flexibility index (Phi) is 20.8. The molecule has 6 aromatic rings. The number of aliphatic hydroxyl groups excluding tert-OH is 1. The zero-order chi connectivity index (χ0) is 63.7. The lowest BCUT2D eigenvalue weighted by molar-refractivity contribution is -0.199. The lowest BCUT2D eigenvalue weighted by atomic mass is 10.00. The minimum absolute atomic E-state index is 0.00302. The Morgan fingerprint density at radius 2 is 1.03 bits per heavy atom. The molecule has 12 rings (SSSR count). The van der Waals surface area contributed by atoms with Gasteiger partial charge in [-0.1, -0.05) is 68.3 Å². The number of esters is 1. The first-order valence-electron chi connectivity index (χ1n) is 30.8. The van der Waals surface area contributed by atoms with Crippen molar-refractivity contribution in [2.24, 2.45) is 0 Å². The highest BCUT2D eigenvalue weighted by molar-refractivity contribution is 7.21. The molecule has 6 aliphatic rings. The third-order valence-electron chi connectivity index (χ3n) is 17.0. The molecule has 2 aromatic heterocycles. The third kappa shape index (κ3) is 13.6. The van der Waals surface area contributed by atoms with Crippen LogP contribution in [-0.2, 0) is 46.4 Å². The number of carbonyl (C=O) groups excluding carboxylic acids is 5. The van der Waals surface area contributed by atoms with Crippen LogP contribution in [0.4, 0.5) is 21.0 Å². The molecular formula is C68H76N4O17S2. The van der Waals surface area contributed by atoms with Gasteiger partial charge in [-0.15, -0.1) is 22.7 Å². The van der Waals surface area contributed by atoms with Gasteiger partial charge >= 0.3 is 18.2 Å². The highest BCUT2D eigenvalue weighted by Gasteiger charge is 2.49. The molecule has 23 heteroatoms. The third-order valence-corrected chi connectivity index (χ3v) is 19.5. The Hall–Kier alpha value is -8.19. The summed E-state index contributed by atoms with van der Waals surface area (Å²) in [7, 11) is 4.33. The molecule has 482 valence electrons. The van der Waals surface area contributed by atoms with Gasteiger partial charge in [0, 0.05) is 59.0 Å². The average molecular weight is 1290 g/mol. The normalized spacial score (nSPS) is 21.3. The fraction of sp³-hybridized carbons (Fsp3) is 0.426. The van der Waals surface area contributed by atoms with Crippen LogP contribution in [0.2, 0.25) is 0 Å². The molecule has 1 N–H and O–H groups in total. The van der Waals surface area contributed by atoms with Crippen molar-refractivity contribution in [3.05, 3.63) is 137 Å². The molecule has 0 radical (unpaired) electrons. The number of methoxy groups -OCH3 is 3. The Labute approximate surface area is 536 Å². The highest BCUT2D eigenvalue weighted by atomic mass is 32.1. The van der Waals surface area contributed by atoms with E-state index in [0.29, 0.717) is 90.2 Å². The number of rotatable bonds is 18. The SMILES string of the molecule is C=CCOC(=O)N1c2cc(OCc3c(C(=C)O)sc4ccccc34)c(OC)cc2C(=O)N2CCCC[C@H]2C1OC1CCCCO1.C=CCOC(=O)N1c2cc(OCc3c(C(=O)OC)sc4ccccc34)c(OC)cc2C(=O)N2CCCC[C@H]2C1OC1CCCCO1. The van der Waals surface area contributed by atoms with Gasteiger partial charge in [-0.3, -0.25) is 9.59 Å². The van der Waals surface area contributed by atoms with Crippen molar-refractivity contribution >= 4 is 89.9 Å². The van der Waals surface area contributed by atoms with Gasteiger partial charge < -0.3 is 67.0 Å². The van der Waals surface area contributed by atoms with Crippen LogP contribution in [0.15, 0.2) is 105 Å². The van der Waals surface area contributed by atoms with Gasteiger partial charge in [-0.05, 0) is 112 Å². The minimum Gasteiger partial charge on any atom is -0.507 e. The van der Waals surface area contributed by atoms with Gasteiger partial charge in [0.05, 0.1) is 60.8 Å². The number of nitrogens with zero attached hydrogens (tertiary/aromatic N) is 4. The molecular weight excluding hydrogens is 1210 g/mol. The fourth-order valence-corrected chi connectivity index (χ4v) is 14.9. The highest BCUT2D eigenvalue weighted by Crippen LogP contribution is 2.46. The maximum Gasteiger partial charge on any atom is 0.416 e. The van der Waals surface area contributed by atoms with Crippen molar-refractivity contribution in [2.45, 2.75) is 127 Å². The number of ether oxygens (including phenoxy) is 11. The first kappa shape index (κ1) is 64.3. The quantitative estimate of drug-likeness (QED) is 0.0366. The van der Waals surface area contributed by atoms with E-state index in [0.717, 1.165) is 77.1 Å². The summed E-state index contributed by atoms with van der Waals surface area (Å²) in [6, 6.07) is 21.1. The molecule has 0 bridgehead atoms. The Morgan fingerprint density at radius 1 is 0.593 bits per heavy atom. The smallest absolute Gasteiger partial charge is 0.416 e. The Morgan fingerprint density at radius 3 is 1.45 bits per heavy atom. The molecule has 8 heterocycles. The predicted molar refractivity (Wildman–Crippen MR) is 344 cm³/mol. The summed E-state index contributed by atoms with van der Waals surface area (Å²) in [5, 5.41) is 12.2. The van der Waals surface area contributed by atoms with Gasteiger partial charge in [0.15, 0.2) is 48.0 Å². The van der Waals surface area contributed by atoms with E-state index >= 15 is 0 Å². The van der Waals surface area contributed by atoms with Crippen LogP contribution < -0.4 is 28.7 Å². The predicted octanol–water partition coefficient (Wildman–Crippen LogP) is 13.3. The summed E-state index contributed by atoms with van der Waals surface area (Å²) in [5.41, 5.74) is 2.54. The molecule has 4 aromatic carbocycles. The zero-order valence-electron chi connectivity index (χ0n) is 51.4. The Bertz CT molecular complexity index is 3680. The standard InChI is InChI=1S/C34H38N2O9S.C34H38N2O8S/c1-4-16-43-34(39)36-25-19-27(44-20-23-21-11-5-6-13-28(21)46-30(23)33(38)41-3)26(40-2)18-22(25)31(37)35-15-9-7-12-24(35)32(36)45-29-14-8-10-17-42-29;1-4-16-42-34(39)36-26-19-28(43-20-24-22-11-5-6-13-29(22)45-31(24)21(2)37)27(40-3)18-23(26)32(38)35-15-9-7-12-25(35)33(36)44-30-14-8-10-17-41-30/h4-6,11,13,18-19,24,29,32H,1,7-10,12,14-17,20H2,2-3H3;4-6,11,13,18-19,25,30,33,37H,1-2,7-10,12,14-17,20H2,3H3/t24-,29?,32?;25-,30?,33?/m00/s1. The van der Waals surface area contributed by atoms with E-state index in [4.69, 9.17) is 52.1 Å². The second-order valence-corrected chi connectivity index (χ2v) is 24.7. The lowest BCUT2D eigenvalue weighted by Crippen LogP contribution is -2.57. The molecule has 4 fully saturated rings. The monoisotopic (exact) mass is 1280 g/mol. The minimum atomic E-state index is -0.876. The lowest BCUT2D eigenvalue weighted by Gasteiger charge is -2.42. The summed E-state index contributed by atoms with van der Waals surface area (Å²) < 4.78 is 67.3. The topological polar surface area (TPSA) is 220 Å². The first-order chi connectivity index (χ1) is 44.3. The van der Waals surface area contributed by atoms with E-state index in [1.54, 1.807) is 34.1 Å². The van der Waals surface area contributed by atoms with Crippen LogP contribution in [-0.4, -0.2) is 143 Å². The summed E-state index contributed by atoms with van der Waals surface area (Å²) >= 11 is 2.75. The fourth-order valence-electron chi connectivity index (χ4n) is 12.7. The van der Waals surface area contributed by atoms with Crippen LogP contribution in [0.25, 0.3) is 25.9 Å². The number of thiophene rings is 2. The van der Waals surface area contributed by atoms with E-state index in [-0.39, 0.29) is 66.6 Å². The van der Waals surface area contributed by atoms with Crippen LogP contribution >= 0.6 is 22.7 Å². The van der Waals surface area contributed by atoms with Crippen molar-refractivity contribution in [3.8, 4) is 23.0 Å². The van der Waals surface area contributed by atoms with Crippen LogP contribution in [0.1, 0.15) is 123 Å². The molecule has 0 aliphatic carbocycles. The Balaban J connectivity index is 0.000000187. The van der Waals surface area contributed by atoms with E-state index in [2.05, 4.69) is 19.7 Å². The van der Waals surface area contributed by atoms with Crippen molar-refractivity contribution < 1.29 is 81.2 Å². The molecule has 4 saturated heterocycles. The molecule has 4 unspecified atom stereocenters. The van der Waals surface area contributed by atoms with Gasteiger partial charge in [0.2, 0.25) is 0 Å². The number of benzene rings is 4. The van der Waals surface area contributed by atoms with E-state index in [9.17, 15) is 29.1 Å². The van der Waals surface area contributed by atoms with Gasteiger partial charge in [0.25, 0.3) is 11.8 Å².